The third-order valence-electron chi connectivity index (χ3n) is 2.65. The van der Waals surface area contributed by atoms with E-state index in [9.17, 15) is 13.9 Å². The highest BCUT2D eigenvalue weighted by Crippen LogP contribution is 2.50. The maximum atomic E-state index is 12.5. The zero-order chi connectivity index (χ0) is 14.4. The number of halogens is 2. The van der Waals surface area contributed by atoms with Crippen molar-refractivity contribution < 1.29 is 13.9 Å². The molecule has 0 aliphatic heterocycles. The predicted molar refractivity (Wildman–Crippen MR) is 78.6 cm³/mol. The minimum atomic E-state index is -3.13. The van der Waals surface area contributed by atoms with Gasteiger partial charge in [-0.2, -0.15) is 0 Å². The van der Waals surface area contributed by atoms with Crippen LogP contribution in [0.2, 0.25) is 0 Å². The molecular weight excluding hydrogens is 317 g/mol. The zero-order valence-corrected chi connectivity index (χ0v) is 14.2. The Morgan fingerprint density at radius 2 is 1.56 bits per heavy atom. The molecule has 0 aromatic rings. The predicted octanol–water partition coefficient (Wildman–Crippen LogP) is 4.01. The Morgan fingerprint density at radius 1 is 1.11 bits per heavy atom. The Labute approximate surface area is 118 Å². The minimum absolute atomic E-state index is 0.234. The van der Waals surface area contributed by atoms with Crippen molar-refractivity contribution >= 4 is 43.8 Å². The summed E-state index contributed by atoms with van der Waals surface area (Å²) in [5.41, 5.74) is -0.468. The molecule has 0 heterocycles. The zero-order valence-electron chi connectivity index (χ0n) is 10.9. The first-order valence-electron chi connectivity index (χ1n) is 5.70. The van der Waals surface area contributed by atoms with Crippen LogP contribution in [-0.4, -0.2) is 40.8 Å². The molecule has 18 heavy (non-hydrogen) atoms. The van der Waals surface area contributed by atoms with Gasteiger partial charge in [-0.15, -0.1) is 23.2 Å². The number of nitrogens with zero attached hydrogens (tertiary/aromatic N) is 1. The number of rotatable bonds is 7. The molecular formula is C9H20Cl2N2O3P2. The van der Waals surface area contributed by atoms with Gasteiger partial charge in [-0.05, 0) is 6.92 Å². The Hall–Kier alpha value is 0.310. The monoisotopic (exact) mass is 336 g/mol. The molecule has 5 nitrogen and oxygen atoms in total. The molecule has 0 spiro atoms. The lowest BCUT2D eigenvalue weighted by atomic mass is 10.7. The van der Waals surface area contributed by atoms with Gasteiger partial charge in [0.05, 0.1) is 11.2 Å². The van der Waals surface area contributed by atoms with E-state index in [1.807, 2.05) is 0 Å². The van der Waals surface area contributed by atoms with Crippen molar-refractivity contribution in [2.75, 3.05) is 30.1 Å². The van der Waals surface area contributed by atoms with E-state index in [0.29, 0.717) is 12.3 Å². The summed E-state index contributed by atoms with van der Waals surface area (Å²) in [6.07, 6.45) is 0.771. The van der Waals surface area contributed by atoms with Crippen LogP contribution in [0, 0.1) is 0 Å². The van der Waals surface area contributed by atoms with Crippen LogP contribution in [0.15, 0.2) is 0 Å². The second kappa shape index (κ2) is 7.79. The molecule has 1 N–H and O–H groups in total. The average molecular weight is 337 g/mol. The number of urea groups is 1. The van der Waals surface area contributed by atoms with Gasteiger partial charge < -0.3 is 4.57 Å². The summed E-state index contributed by atoms with van der Waals surface area (Å²) in [5.74, 6) is 0. The van der Waals surface area contributed by atoms with E-state index in [1.165, 1.54) is 4.67 Å². The van der Waals surface area contributed by atoms with Crippen LogP contribution in [-0.2, 0) is 9.13 Å². The Bertz CT molecular complexity index is 363. The summed E-state index contributed by atoms with van der Waals surface area (Å²) in [7, 11) is -5.87. The van der Waals surface area contributed by atoms with E-state index in [0.717, 1.165) is 0 Å². The smallest absolute Gasteiger partial charge is 0.300 e. The highest BCUT2D eigenvalue weighted by Gasteiger charge is 2.33. The summed E-state index contributed by atoms with van der Waals surface area (Å²) < 4.78 is 25.7. The van der Waals surface area contributed by atoms with Crippen molar-refractivity contribution in [3.63, 3.8) is 0 Å². The van der Waals surface area contributed by atoms with Gasteiger partial charge in [0.15, 0.2) is 7.29 Å². The molecule has 9 heteroatoms. The van der Waals surface area contributed by atoms with Gasteiger partial charge in [0, 0.05) is 18.9 Å². The summed E-state index contributed by atoms with van der Waals surface area (Å²) in [6, 6.07) is -0.617. The quantitative estimate of drug-likeness (QED) is 0.564. The van der Waals surface area contributed by atoms with Crippen LogP contribution >= 0.6 is 37.8 Å². The van der Waals surface area contributed by atoms with Crippen molar-refractivity contribution in [1.29, 1.82) is 0 Å². The third-order valence-corrected chi connectivity index (χ3v) is 9.66. The Morgan fingerprint density at radius 3 is 1.83 bits per heavy atom. The molecule has 0 aromatic carbocycles. The van der Waals surface area contributed by atoms with Gasteiger partial charge in [0.25, 0.3) is 0 Å². The normalized spacial score (nSPS) is 12.3. The Kier molecular flexibility index (Phi) is 7.93. The van der Waals surface area contributed by atoms with Crippen LogP contribution in [0.25, 0.3) is 0 Å². The lowest BCUT2D eigenvalue weighted by Gasteiger charge is -2.30. The first-order chi connectivity index (χ1) is 8.32. The number of nitrogens with one attached hydrogen (secondary N) is 1. The van der Waals surface area contributed by atoms with Gasteiger partial charge in [0.1, 0.15) is 0 Å². The molecule has 0 aliphatic rings. The molecule has 0 saturated carbocycles. The van der Waals surface area contributed by atoms with Crippen LogP contribution in [0.1, 0.15) is 20.8 Å². The van der Waals surface area contributed by atoms with Gasteiger partial charge in [0.2, 0.25) is 7.29 Å². The van der Waals surface area contributed by atoms with Crippen LogP contribution < -0.4 is 5.09 Å². The molecule has 0 rings (SSSR count). The molecule has 0 aromatic heterocycles. The highest BCUT2D eigenvalue weighted by atomic mass is 35.5. The molecule has 0 bridgehead atoms. The van der Waals surface area contributed by atoms with E-state index in [-0.39, 0.29) is 17.8 Å². The van der Waals surface area contributed by atoms with Gasteiger partial charge in [-0.1, -0.05) is 13.8 Å². The molecule has 0 atom stereocenters. The standard InChI is InChI=1S/C9H20Cl2N2O3P2/c1-4-13(18(16,5-2)6-3)9(14)12-17(15,7-10)8-11/h4-8H2,1-3H3,(H,12,14,15). The lowest BCUT2D eigenvalue weighted by Crippen LogP contribution is -2.37. The topological polar surface area (TPSA) is 66.5 Å². The SMILES string of the molecule is CCN(C(=O)NP(=O)(CCl)CCl)P(=O)(CC)CC. The van der Waals surface area contributed by atoms with Crippen molar-refractivity contribution in [2.45, 2.75) is 20.8 Å². The molecule has 2 amide bonds. The van der Waals surface area contributed by atoms with E-state index in [1.54, 1.807) is 20.8 Å². The van der Waals surface area contributed by atoms with Gasteiger partial charge in [-0.3, -0.25) is 14.3 Å². The third kappa shape index (κ3) is 4.45. The molecule has 0 aliphatic carbocycles. The number of alkyl halides is 2. The molecule has 0 radical (unpaired) electrons. The van der Waals surface area contributed by atoms with Crippen LogP contribution in [0.5, 0.6) is 0 Å². The summed E-state index contributed by atoms with van der Waals surface area (Å²) in [4.78, 5) is 12.0. The molecule has 0 fully saturated rings. The van der Waals surface area contributed by atoms with Crippen molar-refractivity contribution in [1.82, 2.24) is 9.76 Å². The van der Waals surface area contributed by atoms with Crippen molar-refractivity contribution in [3.8, 4) is 0 Å². The first kappa shape index (κ1) is 18.3. The van der Waals surface area contributed by atoms with E-state index >= 15 is 0 Å². The fourth-order valence-electron chi connectivity index (χ4n) is 1.46. The minimum Gasteiger partial charge on any atom is -0.300 e. The summed E-state index contributed by atoms with van der Waals surface area (Å²) in [5, 5.41) is 2.32. The molecule has 108 valence electrons. The Balaban J connectivity index is 5.05. The number of amides is 2. The maximum absolute atomic E-state index is 12.5. The first-order valence-corrected chi connectivity index (χ1v) is 10.9. The largest absolute Gasteiger partial charge is 0.328 e. The molecule has 0 unspecified atom stereocenters. The van der Waals surface area contributed by atoms with E-state index in [4.69, 9.17) is 23.2 Å². The lowest BCUT2D eigenvalue weighted by molar-refractivity contribution is 0.229. The van der Waals surface area contributed by atoms with Crippen LogP contribution in [0.3, 0.4) is 0 Å². The fraction of sp³-hybridized carbons (Fsp3) is 0.889. The van der Waals surface area contributed by atoms with E-state index < -0.39 is 20.6 Å². The second-order valence-corrected chi connectivity index (χ2v) is 11.1. The maximum Gasteiger partial charge on any atom is 0.328 e. The number of hydrogen-bond donors (Lipinski definition) is 1. The molecule has 0 saturated heterocycles. The summed E-state index contributed by atoms with van der Waals surface area (Å²) >= 11 is 11.1. The van der Waals surface area contributed by atoms with Crippen molar-refractivity contribution in [3.05, 3.63) is 0 Å². The number of carbonyl (C=O) groups excluding carboxylic acids is 1. The van der Waals surface area contributed by atoms with Gasteiger partial charge >= 0.3 is 6.03 Å². The second-order valence-electron chi connectivity index (χ2n) is 3.74. The fourth-order valence-corrected chi connectivity index (χ4v) is 5.34. The van der Waals surface area contributed by atoms with Crippen molar-refractivity contribution in [2.24, 2.45) is 0 Å². The van der Waals surface area contributed by atoms with Crippen LogP contribution in [0.4, 0.5) is 4.79 Å². The van der Waals surface area contributed by atoms with Gasteiger partial charge in [-0.25, -0.2) is 4.79 Å². The highest BCUT2D eigenvalue weighted by molar-refractivity contribution is 7.66. The number of hydrogen-bond acceptors (Lipinski definition) is 3. The number of carbonyl (C=O) groups is 1. The average Bonchev–Trinajstić information content (AvgIpc) is 2.38. The van der Waals surface area contributed by atoms with E-state index in [2.05, 4.69) is 5.09 Å². The summed E-state index contributed by atoms with van der Waals surface area (Å²) in [6.45, 7) is 5.55.